The number of methoxy groups -OCH3 is 1. The van der Waals surface area contributed by atoms with Crippen LogP contribution in [0.5, 0.6) is 5.88 Å². The lowest BCUT2D eigenvalue weighted by Crippen LogP contribution is -2.14. The van der Waals surface area contributed by atoms with Gasteiger partial charge in [0.1, 0.15) is 11.5 Å². The first kappa shape index (κ1) is 20.8. The third kappa shape index (κ3) is 3.74. The van der Waals surface area contributed by atoms with E-state index in [2.05, 4.69) is 24.9 Å². The molecule has 0 aliphatic carbocycles. The third-order valence-corrected chi connectivity index (χ3v) is 6.72. The summed E-state index contributed by atoms with van der Waals surface area (Å²) in [5.41, 5.74) is 5.03. The molecule has 9 nitrogen and oxygen atoms in total. The SMILES string of the molecule is COc1ncc(-c2ccc3ncc4nnc(C)n4c3c2)cc1NS(=O)(=O)c1ccc(C)cc1. The van der Waals surface area contributed by atoms with Gasteiger partial charge in [0.15, 0.2) is 5.65 Å². The Morgan fingerprint density at radius 3 is 2.45 bits per heavy atom. The highest BCUT2D eigenvalue weighted by Crippen LogP contribution is 2.31. The Kier molecular flexibility index (Phi) is 4.94. The Hall–Kier alpha value is -4.05. The van der Waals surface area contributed by atoms with Gasteiger partial charge in [0, 0.05) is 11.8 Å². The Morgan fingerprint density at radius 2 is 1.70 bits per heavy atom. The van der Waals surface area contributed by atoms with Crippen molar-refractivity contribution in [2.75, 3.05) is 11.8 Å². The molecular formula is C23H20N6O3S. The molecule has 166 valence electrons. The minimum Gasteiger partial charge on any atom is -0.480 e. The summed E-state index contributed by atoms with van der Waals surface area (Å²) in [5, 5.41) is 8.25. The van der Waals surface area contributed by atoms with Crippen LogP contribution in [0.2, 0.25) is 0 Å². The highest BCUT2D eigenvalue weighted by molar-refractivity contribution is 7.92. The van der Waals surface area contributed by atoms with Crippen LogP contribution in [0, 0.1) is 13.8 Å². The summed E-state index contributed by atoms with van der Waals surface area (Å²) in [7, 11) is -2.38. The zero-order chi connectivity index (χ0) is 23.2. The average Bonchev–Trinajstić information content (AvgIpc) is 3.20. The van der Waals surface area contributed by atoms with E-state index in [-0.39, 0.29) is 16.5 Å². The quantitative estimate of drug-likeness (QED) is 0.425. The first-order valence-corrected chi connectivity index (χ1v) is 11.6. The lowest BCUT2D eigenvalue weighted by atomic mass is 10.1. The standard InChI is InChI=1S/C23H20N6O3S/c1-14-4-7-18(8-5-14)33(30,31)28-20-10-17(12-25-23(20)32-3)16-6-9-19-21(11-16)29-15(2)26-27-22(29)13-24-19/h4-13,28H,1-3H3. The van der Waals surface area contributed by atoms with Crippen LogP contribution in [0.1, 0.15) is 11.4 Å². The molecule has 0 fully saturated rings. The van der Waals surface area contributed by atoms with Gasteiger partial charge in [-0.1, -0.05) is 23.8 Å². The predicted octanol–water partition coefficient (Wildman–Crippen LogP) is 3.77. The number of anilines is 1. The number of pyridine rings is 1. The fraction of sp³-hybridized carbons (Fsp3) is 0.130. The molecule has 3 heterocycles. The highest BCUT2D eigenvalue weighted by atomic mass is 32.2. The van der Waals surface area contributed by atoms with Crippen molar-refractivity contribution in [3.05, 3.63) is 72.3 Å². The van der Waals surface area contributed by atoms with Gasteiger partial charge in [0.25, 0.3) is 10.0 Å². The number of nitrogens with one attached hydrogen (secondary N) is 1. The zero-order valence-electron chi connectivity index (χ0n) is 18.1. The van der Waals surface area contributed by atoms with Crippen LogP contribution in [-0.4, -0.2) is 40.1 Å². The Labute approximate surface area is 190 Å². The number of ether oxygens (including phenoxy) is 1. The number of hydrogen-bond acceptors (Lipinski definition) is 7. The first-order valence-electron chi connectivity index (χ1n) is 10.1. The minimum absolute atomic E-state index is 0.155. The molecule has 0 bridgehead atoms. The maximum absolute atomic E-state index is 12.9. The largest absolute Gasteiger partial charge is 0.480 e. The van der Waals surface area contributed by atoms with E-state index in [1.54, 1.807) is 42.7 Å². The van der Waals surface area contributed by atoms with Gasteiger partial charge in [-0.25, -0.2) is 13.4 Å². The number of benzene rings is 2. The lowest BCUT2D eigenvalue weighted by Gasteiger charge is -2.13. The monoisotopic (exact) mass is 460 g/mol. The van der Waals surface area contributed by atoms with Crippen LogP contribution >= 0.6 is 0 Å². The normalized spacial score (nSPS) is 11.7. The second-order valence-corrected chi connectivity index (χ2v) is 9.28. The van der Waals surface area contributed by atoms with Crippen LogP contribution in [0.3, 0.4) is 0 Å². The van der Waals surface area contributed by atoms with E-state index >= 15 is 0 Å². The fourth-order valence-electron chi connectivity index (χ4n) is 3.65. The molecule has 0 radical (unpaired) electrons. The summed E-state index contributed by atoms with van der Waals surface area (Å²) in [5.74, 6) is 0.919. The molecule has 2 aromatic carbocycles. The van der Waals surface area contributed by atoms with Crippen molar-refractivity contribution in [2.45, 2.75) is 18.7 Å². The number of rotatable bonds is 5. The summed E-state index contributed by atoms with van der Waals surface area (Å²) >= 11 is 0. The minimum atomic E-state index is -3.82. The number of nitrogens with zero attached hydrogens (tertiary/aromatic N) is 5. The van der Waals surface area contributed by atoms with Crippen LogP contribution in [-0.2, 0) is 10.0 Å². The van der Waals surface area contributed by atoms with E-state index in [4.69, 9.17) is 4.74 Å². The van der Waals surface area contributed by atoms with E-state index in [0.29, 0.717) is 11.2 Å². The van der Waals surface area contributed by atoms with Crippen LogP contribution < -0.4 is 9.46 Å². The van der Waals surface area contributed by atoms with Crippen molar-refractivity contribution in [3.8, 4) is 17.0 Å². The van der Waals surface area contributed by atoms with Gasteiger partial charge in [-0.2, -0.15) is 0 Å². The van der Waals surface area contributed by atoms with Crippen LogP contribution in [0.25, 0.3) is 27.8 Å². The molecule has 0 unspecified atom stereocenters. The Morgan fingerprint density at radius 1 is 0.909 bits per heavy atom. The number of aryl methyl sites for hydroxylation is 2. The molecular weight excluding hydrogens is 440 g/mol. The molecule has 1 N–H and O–H groups in total. The van der Waals surface area contributed by atoms with E-state index in [1.165, 1.54) is 7.11 Å². The molecule has 0 atom stereocenters. The number of hydrogen-bond donors (Lipinski definition) is 1. The van der Waals surface area contributed by atoms with Gasteiger partial charge in [-0.15, -0.1) is 10.2 Å². The zero-order valence-corrected chi connectivity index (χ0v) is 19.0. The van der Waals surface area contributed by atoms with Crippen molar-refractivity contribution in [2.24, 2.45) is 0 Å². The van der Waals surface area contributed by atoms with E-state index in [9.17, 15) is 8.42 Å². The maximum Gasteiger partial charge on any atom is 0.262 e. The predicted molar refractivity (Wildman–Crippen MR) is 125 cm³/mol. The van der Waals surface area contributed by atoms with Crippen molar-refractivity contribution < 1.29 is 13.2 Å². The van der Waals surface area contributed by atoms with E-state index in [0.717, 1.165) is 28.0 Å². The van der Waals surface area contributed by atoms with Crippen molar-refractivity contribution >= 4 is 32.4 Å². The first-order chi connectivity index (χ1) is 15.9. The molecule has 0 spiro atoms. The van der Waals surface area contributed by atoms with Crippen LogP contribution in [0.4, 0.5) is 5.69 Å². The van der Waals surface area contributed by atoms with Gasteiger partial charge in [-0.05, 0) is 49.7 Å². The molecule has 10 heteroatoms. The molecule has 0 amide bonds. The van der Waals surface area contributed by atoms with Gasteiger partial charge >= 0.3 is 0 Å². The molecule has 0 saturated carbocycles. The highest BCUT2D eigenvalue weighted by Gasteiger charge is 2.18. The molecule has 33 heavy (non-hydrogen) atoms. The number of fused-ring (bicyclic) bond motifs is 3. The fourth-order valence-corrected chi connectivity index (χ4v) is 4.69. The van der Waals surface area contributed by atoms with Gasteiger partial charge < -0.3 is 4.74 Å². The van der Waals surface area contributed by atoms with Crippen LogP contribution in [0.15, 0.2) is 65.8 Å². The van der Waals surface area contributed by atoms with E-state index in [1.807, 2.05) is 36.4 Å². The summed E-state index contributed by atoms with van der Waals surface area (Å²) in [6.07, 6.45) is 3.31. The third-order valence-electron chi connectivity index (χ3n) is 5.34. The molecule has 0 aliphatic heterocycles. The van der Waals surface area contributed by atoms with Crippen molar-refractivity contribution in [1.82, 2.24) is 24.6 Å². The maximum atomic E-state index is 12.9. The topological polar surface area (TPSA) is 111 Å². The van der Waals surface area contributed by atoms with E-state index < -0.39 is 10.0 Å². The van der Waals surface area contributed by atoms with Crippen molar-refractivity contribution in [1.29, 1.82) is 0 Å². The molecule has 5 aromatic rings. The summed E-state index contributed by atoms with van der Waals surface area (Å²) in [6, 6.07) is 14.1. The summed E-state index contributed by atoms with van der Waals surface area (Å²) in [4.78, 5) is 8.91. The lowest BCUT2D eigenvalue weighted by molar-refractivity contribution is 0.400. The Balaban J connectivity index is 1.59. The second-order valence-electron chi connectivity index (χ2n) is 7.60. The second kappa shape index (κ2) is 7.82. The summed E-state index contributed by atoms with van der Waals surface area (Å²) in [6.45, 7) is 3.77. The number of sulfonamides is 1. The Bertz CT molecular complexity index is 1610. The van der Waals surface area contributed by atoms with Gasteiger partial charge in [0.2, 0.25) is 5.88 Å². The smallest absolute Gasteiger partial charge is 0.262 e. The molecule has 0 aliphatic rings. The molecule has 5 rings (SSSR count). The molecule has 3 aromatic heterocycles. The van der Waals surface area contributed by atoms with Gasteiger partial charge in [-0.3, -0.25) is 14.1 Å². The number of aromatic nitrogens is 5. The summed E-state index contributed by atoms with van der Waals surface area (Å²) < 4.78 is 35.7. The van der Waals surface area contributed by atoms with Gasteiger partial charge in [0.05, 0.1) is 29.2 Å². The molecule has 0 saturated heterocycles. The average molecular weight is 461 g/mol. The van der Waals surface area contributed by atoms with Crippen molar-refractivity contribution in [3.63, 3.8) is 0 Å².